The summed E-state index contributed by atoms with van der Waals surface area (Å²) in [5.41, 5.74) is 0. The van der Waals surface area contributed by atoms with Crippen LogP contribution in [0, 0.1) is 5.92 Å². The van der Waals surface area contributed by atoms with Gasteiger partial charge in [-0.1, -0.05) is 18.1 Å². The number of thiophene rings is 1. The van der Waals surface area contributed by atoms with Crippen molar-refractivity contribution in [3.63, 3.8) is 0 Å². The summed E-state index contributed by atoms with van der Waals surface area (Å²) in [6.07, 6.45) is 0. The number of nitrogens with zero attached hydrogens (tertiary/aromatic N) is 2. The molecular formula is C11H10N2O3S. The van der Waals surface area contributed by atoms with E-state index in [0.717, 1.165) is 4.88 Å². The molecule has 2 aromatic rings. The molecule has 2 aromatic heterocycles. The number of aromatic nitrogens is 2. The van der Waals surface area contributed by atoms with Crippen LogP contribution in [-0.2, 0) is 9.53 Å². The molecule has 0 bridgehead atoms. The third-order valence-corrected chi connectivity index (χ3v) is 3.75. The normalized spacial score (nSPS) is 23.9. The Kier molecular flexibility index (Phi) is 2.44. The van der Waals surface area contributed by atoms with E-state index >= 15 is 0 Å². The van der Waals surface area contributed by atoms with Crippen molar-refractivity contribution in [3.05, 3.63) is 23.4 Å². The number of carbonyl (C=O) groups is 1. The third-order valence-electron chi connectivity index (χ3n) is 2.88. The summed E-state index contributed by atoms with van der Waals surface area (Å²) in [4.78, 5) is 16.6. The fourth-order valence-corrected chi connectivity index (χ4v) is 2.44. The van der Waals surface area contributed by atoms with Crippen LogP contribution in [0.1, 0.15) is 18.7 Å². The summed E-state index contributed by atoms with van der Waals surface area (Å²) in [7, 11) is 0. The molecule has 5 nitrogen and oxygen atoms in total. The molecule has 1 aliphatic heterocycles. The summed E-state index contributed by atoms with van der Waals surface area (Å²) >= 11 is 1.55. The van der Waals surface area contributed by atoms with E-state index in [9.17, 15) is 4.79 Å². The van der Waals surface area contributed by atoms with Crippen LogP contribution in [-0.4, -0.2) is 22.7 Å². The fourth-order valence-electron chi connectivity index (χ4n) is 1.79. The number of hydrogen-bond donors (Lipinski definition) is 0. The lowest BCUT2D eigenvalue weighted by Crippen LogP contribution is -2.10. The van der Waals surface area contributed by atoms with Gasteiger partial charge in [-0.3, -0.25) is 4.79 Å². The zero-order valence-electron chi connectivity index (χ0n) is 9.12. The molecule has 0 amide bonds. The molecule has 6 heteroatoms. The Bertz CT molecular complexity index is 535. The van der Waals surface area contributed by atoms with Crippen molar-refractivity contribution in [3.8, 4) is 10.7 Å². The largest absolute Gasteiger partial charge is 0.465 e. The monoisotopic (exact) mass is 250 g/mol. The standard InChI is InChI=1S/C11H10N2O3S/c1-6-7(5-15-11(6)14)10-12-9(13-16-10)8-3-2-4-17-8/h2-4,6-7H,5H2,1H3/t6-,7-/m0/s1. The van der Waals surface area contributed by atoms with Gasteiger partial charge in [-0.2, -0.15) is 4.98 Å². The highest BCUT2D eigenvalue weighted by Crippen LogP contribution is 2.32. The lowest BCUT2D eigenvalue weighted by Gasteiger charge is -2.02. The molecule has 3 heterocycles. The van der Waals surface area contributed by atoms with E-state index in [4.69, 9.17) is 9.26 Å². The second-order valence-corrected chi connectivity index (χ2v) is 4.91. The molecule has 0 spiro atoms. The minimum Gasteiger partial charge on any atom is -0.465 e. The van der Waals surface area contributed by atoms with Crippen molar-refractivity contribution < 1.29 is 14.1 Å². The summed E-state index contributed by atoms with van der Waals surface area (Å²) in [5, 5.41) is 5.87. The van der Waals surface area contributed by atoms with E-state index in [1.165, 1.54) is 0 Å². The molecule has 1 fully saturated rings. The van der Waals surface area contributed by atoms with Crippen LogP contribution in [0.4, 0.5) is 0 Å². The molecule has 0 saturated carbocycles. The Labute approximate surface area is 101 Å². The van der Waals surface area contributed by atoms with E-state index in [2.05, 4.69) is 10.1 Å². The quantitative estimate of drug-likeness (QED) is 0.763. The minimum atomic E-state index is -0.216. The highest BCUT2D eigenvalue weighted by Gasteiger charge is 2.38. The van der Waals surface area contributed by atoms with Gasteiger partial charge in [-0.15, -0.1) is 11.3 Å². The molecule has 1 saturated heterocycles. The molecule has 0 N–H and O–H groups in total. The van der Waals surface area contributed by atoms with Crippen LogP contribution in [0.25, 0.3) is 10.7 Å². The SMILES string of the molecule is C[C@@H]1C(=O)OC[C@@H]1c1nc(-c2cccs2)no1. The first-order valence-corrected chi connectivity index (χ1v) is 6.18. The van der Waals surface area contributed by atoms with E-state index in [0.29, 0.717) is 18.3 Å². The van der Waals surface area contributed by atoms with Crippen molar-refractivity contribution in [1.29, 1.82) is 0 Å². The molecule has 17 heavy (non-hydrogen) atoms. The first-order valence-electron chi connectivity index (χ1n) is 5.30. The molecular weight excluding hydrogens is 240 g/mol. The zero-order chi connectivity index (χ0) is 11.8. The Morgan fingerprint density at radius 1 is 1.53 bits per heavy atom. The zero-order valence-corrected chi connectivity index (χ0v) is 9.94. The van der Waals surface area contributed by atoms with Crippen LogP contribution in [0.2, 0.25) is 0 Å². The van der Waals surface area contributed by atoms with Crippen molar-refractivity contribution in [2.45, 2.75) is 12.8 Å². The Balaban J connectivity index is 1.88. The minimum absolute atomic E-state index is 0.122. The van der Waals surface area contributed by atoms with Gasteiger partial charge in [0.05, 0.1) is 16.7 Å². The first-order chi connectivity index (χ1) is 8.25. The van der Waals surface area contributed by atoms with Crippen LogP contribution >= 0.6 is 11.3 Å². The summed E-state index contributed by atoms with van der Waals surface area (Å²) in [5.74, 6) is 0.509. The fraction of sp³-hybridized carbons (Fsp3) is 0.364. The molecule has 2 atom stereocenters. The van der Waals surface area contributed by atoms with Gasteiger partial charge in [0.25, 0.3) is 0 Å². The Hall–Kier alpha value is -1.69. The number of carbonyl (C=O) groups excluding carboxylic acids is 1. The maximum Gasteiger partial charge on any atom is 0.309 e. The van der Waals surface area contributed by atoms with Gasteiger partial charge in [-0.05, 0) is 11.4 Å². The maximum absolute atomic E-state index is 11.3. The lowest BCUT2D eigenvalue weighted by molar-refractivity contribution is -0.140. The Morgan fingerprint density at radius 3 is 3.06 bits per heavy atom. The van der Waals surface area contributed by atoms with Gasteiger partial charge in [0, 0.05) is 0 Å². The molecule has 0 unspecified atom stereocenters. The van der Waals surface area contributed by atoms with Gasteiger partial charge in [-0.25, -0.2) is 0 Å². The first kappa shape index (κ1) is 10.5. The molecule has 1 aliphatic rings. The van der Waals surface area contributed by atoms with E-state index in [1.54, 1.807) is 11.3 Å². The summed E-state index contributed by atoms with van der Waals surface area (Å²) in [6.45, 7) is 2.14. The number of hydrogen-bond acceptors (Lipinski definition) is 6. The van der Waals surface area contributed by atoms with Crippen LogP contribution in [0.3, 0.4) is 0 Å². The average Bonchev–Trinajstić information content (AvgIpc) is 3.01. The number of ether oxygens (including phenoxy) is 1. The van der Waals surface area contributed by atoms with Crippen molar-refractivity contribution in [2.75, 3.05) is 6.61 Å². The summed E-state index contributed by atoms with van der Waals surface area (Å²) < 4.78 is 10.2. The number of cyclic esters (lactones) is 1. The predicted octanol–water partition coefficient (Wildman–Crippen LogP) is 2.07. The molecule has 88 valence electrons. The maximum atomic E-state index is 11.3. The highest BCUT2D eigenvalue weighted by atomic mass is 32.1. The topological polar surface area (TPSA) is 65.2 Å². The average molecular weight is 250 g/mol. The second-order valence-electron chi connectivity index (χ2n) is 3.96. The van der Waals surface area contributed by atoms with E-state index < -0.39 is 0 Å². The van der Waals surface area contributed by atoms with Gasteiger partial charge < -0.3 is 9.26 Å². The molecule has 3 rings (SSSR count). The van der Waals surface area contributed by atoms with Crippen molar-refractivity contribution in [2.24, 2.45) is 5.92 Å². The van der Waals surface area contributed by atoms with Crippen LogP contribution in [0.5, 0.6) is 0 Å². The van der Waals surface area contributed by atoms with Gasteiger partial charge >= 0.3 is 5.97 Å². The van der Waals surface area contributed by atoms with Gasteiger partial charge in [0.2, 0.25) is 11.7 Å². The van der Waals surface area contributed by atoms with E-state index in [-0.39, 0.29) is 17.8 Å². The smallest absolute Gasteiger partial charge is 0.309 e. The number of esters is 1. The van der Waals surface area contributed by atoms with Gasteiger partial charge in [0.1, 0.15) is 6.61 Å². The molecule has 0 radical (unpaired) electrons. The van der Waals surface area contributed by atoms with Crippen LogP contribution < -0.4 is 0 Å². The molecule has 0 aliphatic carbocycles. The van der Waals surface area contributed by atoms with Crippen LogP contribution in [0.15, 0.2) is 22.0 Å². The third kappa shape index (κ3) is 1.74. The van der Waals surface area contributed by atoms with Crippen molar-refractivity contribution in [1.82, 2.24) is 10.1 Å². The summed E-state index contributed by atoms with van der Waals surface area (Å²) in [6, 6.07) is 3.86. The highest BCUT2D eigenvalue weighted by molar-refractivity contribution is 7.13. The van der Waals surface area contributed by atoms with Gasteiger partial charge in [0.15, 0.2) is 0 Å². The number of rotatable bonds is 2. The van der Waals surface area contributed by atoms with E-state index in [1.807, 2.05) is 24.4 Å². The Morgan fingerprint density at radius 2 is 2.41 bits per heavy atom. The van der Waals surface area contributed by atoms with Crippen molar-refractivity contribution >= 4 is 17.3 Å². The second kappa shape index (κ2) is 3.96. The predicted molar refractivity (Wildman–Crippen MR) is 60.5 cm³/mol. The molecule has 0 aromatic carbocycles. The lowest BCUT2D eigenvalue weighted by atomic mass is 9.98.